The molecule has 0 unspecified atom stereocenters. The molecule has 0 aromatic carbocycles. The molecule has 0 spiro atoms. The summed E-state index contributed by atoms with van der Waals surface area (Å²) in [4.78, 5) is 10.8. The number of carbonyl (C=O) groups is 1. The van der Waals surface area contributed by atoms with Gasteiger partial charge in [-0.2, -0.15) is 0 Å². The zero-order valence-electron chi connectivity index (χ0n) is 9.56. The van der Waals surface area contributed by atoms with Gasteiger partial charge < -0.3 is 10.2 Å². The molecule has 4 rings (SSSR count). The van der Waals surface area contributed by atoms with E-state index in [9.17, 15) is 9.90 Å². The van der Waals surface area contributed by atoms with Crippen molar-refractivity contribution in [2.45, 2.75) is 51.0 Å². The molecule has 4 saturated carbocycles. The van der Waals surface area contributed by atoms with Crippen molar-refractivity contribution in [1.29, 1.82) is 0 Å². The average Bonchev–Trinajstić information content (AvgIpc) is 2.13. The summed E-state index contributed by atoms with van der Waals surface area (Å²) in [5, 5.41) is 18.4. The Morgan fingerprint density at radius 1 is 1.12 bits per heavy atom. The first-order valence-corrected chi connectivity index (χ1v) is 6.47. The van der Waals surface area contributed by atoms with Crippen molar-refractivity contribution >= 4 is 5.97 Å². The Morgan fingerprint density at radius 2 is 1.56 bits per heavy atom. The highest BCUT2D eigenvalue weighted by molar-refractivity contribution is 5.71. The van der Waals surface area contributed by atoms with Crippen LogP contribution >= 0.6 is 0 Å². The van der Waals surface area contributed by atoms with Gasteiger partial charge in [-0.15, -0.1) is 0 Å². The molecule has 4 fully saturated rings. The van der Waals surface area contributed by atoms with Gasteiger partial charge in [-0.1, -0.05) is 0 Å². The number of aliphatic hydroxyl groups excluding tert-OH is 1. The van der Waals surface area contributed by atoms with E-state index in [1.165, 1.54) is 38.5 Å². The number of carboxylic acid groups (broad SMARTS) is 1. The predicted molar refractivity (Wildman–Crippen MR) is 58.9 cm³/mol. The van der Waals surface area contributed by atoms with Crippen molar-refractivity contribution in [1.82, 2.24) is 0 Å². The molecular weight excluding hydrogens is 204 g/mol. The van der Waals surface area contributed by atoms with Crippen molar-refractivity contribution in [3.63, 3.8) is 0 Å². The third kappa shape index (κ3) is 1.65. The van der Waals surface area contributed by atoms with Crippen LogP contribution in [0, 0.1) is 23.2 Å². The van der Waals surface area contributed by atoms with Crippen LogP contribution in [0.25, 0.3) is 0 Å². The van der Waals surface area contributed by atoms with E-state index in [-0.39, 0.29) is 5.41 Å². The Kier molecular flexibility index (Phi) is 2.29. The smallest absolute Gasteiger partial charge is 0.332 e. The summed E-state index contributed by atoms with van der Waals surface area (Å²) in [5.74, 6) is 1.43. The van der Waals surface area contributed by atoms with Crippen molar-refractivity contribution < 1.29 is 15.0 Å². The van der Waals surface area contributed by atoms with E-state index >= 15 is 0 Å². The molecule has 90 valence electrons. The topological polar surface area (TPSA) is 57.5 Å². The van der Waals surface area contributed by atoms with Gasteiger partial charge in [0.1, 0.15) is 0 Å². The highest BCUT2D eigenvalue weighted by atomic mass is 16.4. The molecule has 4 aliphatic carbocycles. The lowest BCUT2D eigenvalue weighted by Crippen LogP contribution is -2.48. The molecule has 0 amide bonds. The van der Waals surface area contributed by atoms with Crippen LogP contribution in [0.15, 0.2) is 0 Å². The van der Waals surface area contributed by atoms with E-state index in [4.69, 9.17) is 5.11 Å². The maximum absolute atomic E-state index is 10.8. The van der Waals surface area contributed by atoms with Gasteiger partial charge in [-0.3, -0.25) is 0 Å². The molecule has 3 heteroatoms. The average molecular weight is 224 g/mol. The van der Waals surface area contributed by atoms with Gasteiger partial charge in [0.15, 0.2) is 6.10 Å². The summed E-state index contributed by atoms with van der Waals surface area (Å²) in [5.41, 5.74) is 0.173. The highest BCUT2D eigenvalue weighted by Crippen LogP contribution is 2.61. The number of rotatable bonds is 3. The normalized spacial score (nSPS) is 46.9. The molecule has 0 saturated heterocycles. The van der Waals surface area contributed by atoms with Crippen molar-refractivity contribution in [2.75, 3.05) is 0 Å². The molecule has 4 aliphatic rings. The third-order valence-corrected chi connectivity index (χ3v) is 5.08. The van der Waals surface area contributed by atoms with Gasteiger partial charge in [0.25, 0.3) is 0 Å². The van der Waals surface area contributed by atoms with E-state index in [1.807, 2.05) is 0 Å². The number of aliphatic carboxylic acids is 1. The molecule has 2 N–H and O–H groups in total. The molecule has 0 heterocycles. The Balaban J connectivity index is 1.76. The number of carboxylic acids is 1. The summed E-state index contributed by atoms with van der Waals surface area (Å²) in [6, 6.07) is 0. The maximum atomic E-state index is 10.8. The van der Waals surface area contributed by atoms with Gasteiger partial charge in [-0.25, -0.2) is 4.79 Å². The minimum Gasteiger partial charge on any atom is -0.479 e. The summed E-state index contributed by atoms with van der Waals surface area (Å²) in [6.07, 6.45) is 6.95. The van der Waals surface area contributed by atoms with Crippen molar-refractivity contribution in [3.05, 3.63) is 0 Å². The largest absolute Gasteiger partial charge is 0.479 e. The quantitative estimate of drug-likeness (QED) is 0.771. The van der Waals surface area contributed by atoms with E-state index in [1.54, 1.807) is 0 Å². The van der Waals surface area contributed by atoms with Crippen LogP contribution in [0.3, 0.4) is 0 Å². The second-order valence-electron chi connectivity index (χ2n) is 6.48. The maximum Gasteiger partial charge on any atom is 0.332 e. The van der Waals surface area contributed by atoms with Crippen LogP contribution < -0.4 is 0 Å². The Hall–Kier alpha value is -0.570. The minimum absolute atomic E-state index is 0.173. The second kappa shape index (κ2) is 3.46. The van der Waals surface area contributed by atoms with Gasteiger partial charge in [0.05, 0.1) is 0 Å². The van der Waals surface area contributed by atoms with Crippen molar-refractivity contribution in [3.8, 4) is 0 Å². The zero-order valence-corrected chi connectivity index (χ0v) is 9.56. The molecule has 1 atom stereocenters. The fourth-order valence-electron chi connectivity index (χ4n) is 5.04. The van der Waals surface area contributed by atoms with Crippen LogP contribution in [0.5, 0.6) is 0 Å². The van der Waals surface area contributed by atoms with Gasteiger partial charge >= 0.3 is 5.97 Å². The zero-order chi connectivity index (χ0) is 11.3. The summed E-state index contributed by atoms with van der Waals surface area (Å²) < 4.78 is 0. The predicted octanol–water partition coefficient (Wildman–Crippen LogP) is 2.04. The number of hydrogen-bond acceptors (Lipinski definition) is 2. The summed E-state index contributed by atoms with van der Waals surface area (Å²) in [6.45, 7) is 0. The van der Waals surface area contributed by atoms with E-state index < -0.39 is 12.1 Å². The fourth-order valence-corrected chi connectivity index (χ4v) is 5.04. The van der Waals surface area contributed by atoms with E-state index in [2.05, 4.69) is 0 Å². The lowest BCUT2D eigenvalue weighted by atomic mass is 9.48. The Bertz CT molecular complexity index is 275. The van der Waals surface area contributed by atoms with Gasteiger partial charge in [0, 0.05) is 0 Å². The number of hydrogen-bond donors (Lipinski definition) is 2. The first-order valence-electron chi connectivity index (χ1n) is 6.47. The van der Waals surface area contributed by atoms with Crippen LogP contribution in [-0.2, 0) is 4.79 Å². The summed E-state index contributed by atoms with van der Waals surface area (Å²) >= 11 is 0. The minimum atomic E-state index is -1.14. The van der Waals surface area contributed by atoms with Gasteiger partial charge in [-0.05, 0) is 68.1 Å². The molecule has 3 nitrogen and oxygen atoms in total. The molecule has 0 aromatic heterocycles. The fraction of sp³-hybridized carbons (Fsp3) is 0.923. The molecule has 0 radical (unpaired) electrons. The second-order valence-corrected chi connectivity index (χ2v) is 6.48. The monoisotopic (exact) mass is 224 g/mol. The lowest BCUT2D eigenvalue weighted by Gasteiger charge is -2.57. The first-order chi connectivity index (χ1) is 7.56. The van der Waals surface area contributed by atoms with E-state index in [0.29, 0.717) is 6.42 Å². The van der Waals surface area contributed by atoms with Crippen LogP contribution in [0.2, 0.25) is 0 Å². The number of aliphatic hydroxyl groups is 1. The lowest BCUT2D eigenvalue weighted by molar-refractivity contribution is -0.152. The van der Waals surface area contributed by atoms with Crippen LogP contribution in [0.4, 0.5) is 0 Å². The van der Waals surface area contributed by atoms with Gasteiger partial charge in [0.2, 0.25) is 0 Å². The molecular formula is C13H20O3. The standard InChI is InChI=1S/C13H20O3/c14-11(12(15)16)7-13-4-8-1-9(5-13)3-10(2-8)6-13/h8-11,14H,1-7H2,(H,15,16)/t8?,9?,10?,11-,13?/m0/s1. The first kappa shape index (κ1) is 10.6. The molecule has 0 aliphatic heterocycles. The van der Waals surface area contributed by atoms with Crippen LogP contribution in [-0.4, -0.2) is 22.3 Å². The molecule has 0 aromatic rings. The third-order valence-electron chi connectivity index (χ3n) is 5.08. The Labute approximate surface area is 95.9 Å². The molecule has 4 bridgehead atoms. The molecule has 16 heavy (non-hydrogen) atoms. The SMILES string of the molecule is O=C(O)[C@@H](O)CC12CC3CC(CC(C3)C1)C2. The van der Waals surface area contributed by atoms with Crippen molar-refractivity contribution in [2.24, 2.45) is 23.2 Å². The highest BCUT2D eigenvalue weighted by Gasteiger charge is 2.51. The van der Waals surface area contributed by atoms with E-state index in [0.717, 1.165) is 17.8 Å². The Morgan fingerprint density at radius 3 is 1.94 bits per heavy atom. The van der Waals surface area contributed by atoms with Crippen LogP contribution in [0.1, 0.15) is 44.9 Å². The summed E-state index contributed by atoms with van der Waals surface area (Å²) in [7, 11) is 0.